The quantitative estimate of drug-likeness (QED) is 0.873. The van der Waals surface area contributed by atoms with E-state index >= 15 is 0 Å². The molecular formula is C14H14N2O4S2. The SMILES string of the molecule is O=C(O)CC1(NC(=O)c2csc(-c3cccs3)n2)CCOC1. The Hall–Kier alpha value is -1.77. The molecule has 22 heavy (non-hydrogen) atoms. The number of hydrogen-bond donors (Lipinski definition) is 2. The highest BCUT2D eigenvalue weighted by atomic mass is 32.1. The van der Waals surface area contributed by atoms with Crippen molar-refractivity contribution in [3.05, 3.63) is 28.6 Å². The Morgan fingerprint density at radius 3 is 2.95 bits per heavy atom. The number of amides is 1. The molecule has 6 nitrogen and oxygen atoms in total. The van der Waals surface area contributed by atoms with E-state index in [1.807, 2.05) is 17.5 Å². The molecule has 0 saturated carbocycles. The van der Waals surface area contributed by atoms with E-state index in [0.29, 0.717) is 18.7 Å². The summed E-state index contributed by atoms with van der Waals surface area (Å²) < 4.78 is 5.27. The maximum atomic E-state index is 12.4. The number of carbonyl (C=O) groups excluding carboxylic acids is 1. The monoisotopic (exact) mass is 338 g/mol. The molecule has 3 rings (SSSR count). The molecule has 116 valence electrons. The first kappa shape index (κ1) is 15.1. The van der Waals surface area contributed by atoms with Crippen LogP contribution < -0.4 is 5.32 Å². The number of nitrogens with one attached hydrogen (secondary N) is 1. The van der Waals surface area contributed by atoms with Crippen LogP contribution in [0.4, 0.5) is 0 Å². The van der Waals surface area contributed by atoms with E-state index in [-0.39, 0.29) is 18.9 Å². The minimum atomic E-state index is -0.955. The number of ether oxygens (including phenoxy) is 1. The summed E-state index contributed by atoms with van der Waals surface area (Å²) in [6.45, 7) is 0.665. The summed E-state index contributed by atoms with van der Waals surface area (Å²) in [5, 5.41) is 16.3. The molecule has 1 saturated heterocycles. The van der Waals surface area contributed by atoms with Crippen molar-refractivity contribution in [1.29, 1.82) is 0 Å². The predicted molar refractivity (Wildman–Crippen MR) is 83.3 cm³/mol. The number of thiazole rings is 1. The largest absolute Gasteiger partial charge is 0.481 e. The van der Waals surface area contributed by atoms with Gasteiger partial charge in [0.1, 0.15) is 10.7 Å². The Balaban J connectivity index is 1.75. The van der Waals surface area contributed by atoms with Crippen molar-refractivity contribution in [2.45, 2.75) is 18.4 Å². The standard InChI is InChI=1S/C14H14N2O4S2/c17-11(18)6-14(3-4-20-8-14)16-12(19)9-7-22-13(15-9)10-2-1-5-21-10/h1-2,5,7H,3-4,6,8H2,(H,16,19)(H,17,18). The van der Waals surface area contributed by atoms with Crippen LogP contribution in [0.5, 0.6) is 0 Å². The molecule has 1 aliphatic heterocycles. The molecule has 0 aromatic carbocycles. The van der Waals surface area contributed by atoms with E-state index in [2.05, 4.69) is 10.3 Å². The van der Waals surface area contributed by atoms with Crippen molar-refractivity contribution in [3.8, 4) is 9.88 Å². The maximum absolute atomic E-state index is 12.4. The Labute approximate surface area is 134 Å². The fraction of sp³-hybridized carbons (Fsp3) is 0.357. The number of aliphatic carboxylic acids is 1. The van der Waals surface area contributed by atoms with Gasteiger partial charge < -0.3 is 15.2 Å². The summed E-state index contributed by atoms with van der Waals surface area (Å²) >= 11 is 2.96. The third kappa shape index (κ3) is 3.18. The highest BCUT2D eigenvalue weighted by Crippen LogP contribution is 2.28. The minimum absolute atomic E-state index is 0.152. The molecule has 0 radical (unpaired) electrons. The molecule has 1 fully saturated rings. The van der Waals surface area contributed by atoms with Crippen LogP contribution >= 0.6 is 22.7 Å². The molecular weight excluding hydrogens is 324 g/mol. The lowest BCUT2D eigenvalue weighted by Crippen LogP contribution is -2.50. The van der Waals surface area contributed by atoms with Gasteiger partial charge in [0.25, 0.3) is 5.91 Å². The number of carboxylic acids is 1. The van der Waals surface area contributed by atoms with Crippen LogP contribution in [0, 0.1) is 0 Å². The third-order valence-corrected chi connectivity index (χ3v) is 5.32. The van der Waals surface area contributed by atoms with Gasteiger partial charge in [0.05, 0.1) is 23.4 Å². The number of rotatable bonds is 5. The first-order valence-corrected chi connectivity index (χ1v) is 8.45. The Morgan fingerprint density at radius 1 is 1.45 bits per heavy atom. The van der Waals surface area contributed by atoms with E-state index in [1.54, 1.807) is 16.7 Å². The van der Waals surface area contributed by atoms with E-state index in [4.69, 9.17) is 9.84 Å². The average molecular weight is 338 g/mol. The molecule has 2 aromatic rings. The third-order valence-electron chi connectivity index (χ3n) is 3.44. The van der Waals surface area contributed by atoms with Crippen LogP contribution in [0.25, 0.3) is 9.88 Å². The summed E-state index contributed by atoms with van der Waals surface area (Å²) in [4.78, 5) is 28.7. The van der Waals surface area contributed by atoms with E-state index in [0.717, 1.165) is 9.88 Å². The second-order valence-electron chi connectivity index (χ2n) is 5.12. The molecule has 1 aliphatic rings. The molecule has 3 heterocycles. The number of thiophene rings is 1. The van der Waals surface area contributed by atoms with Crippen LogP contribution in [0.3, 0.4) is 0 Å². The summed E-state index contributed by atoms with van der Waals surface area (Å²) in [5.41, 5.74) is -0.527. The molecule has 1 amide bonds. The van der Waals surface area contributed by atoms with Gasteiger partial charge in [-0.15, -0.1) is 22.7 Å². The number of carbonyl (C=O) groups is 2. The lowest BCUT2D eigenvalue weighted by atomic mass is 9.94. The highest BCUT2D eigenvalue weighted by molar-refractivity contribution is 7.20. The van der Waals surface area contributed by atoms with Gasteiger partial charge in [-0.25, -0.2) is 4.98 Å². The zero-order valence-electron chi connectivity index (χ0n) is 11.6. The normalized spacial score (nSPS) is 20.9. The average Bonchev–Trinajstić information content (AvgIpc) is 3.19. The molecule has 0 aliphatic carbocycles. The smallest absolute Gasteiger partial charge is 0.305 e. The van der Waals surface area contributed by atoms with E-state index < -0.39 is 11.5 Å². The Morgan fingerprint density at radius 2 is 2.32 bits per heavy atom. The minimum Gasteiger partial charge on any atom is -0.481 e. The molecule has 0 bridgehead atoms. The van der Waals surface area contributed by atoms with Crippen LogP contribution in [-0.2, 0) is 9.53 Å². The number of hydrogen-bond acceptors (Lipinski definition) is 6. The van der Waals surface area contributed by atoms with Crippen molar-refractivity contribution in [2.24, 2.45) is 0 Å². The summed E-state index contributed by atoms with van der Waals surface area (Å²) in [6.07, 6.45) is 0.341. The molecule has 1 atom stereocenters. The summed E-state index contributed by atoms with van der Waals surface area (Å²) in [5.74, 6) is -1.31. The Bertz CT molecular complexity index is 675. The van der Waals surface area contributed by atoms with Gasteiger partial charge in [0.2, 0.25) is 0 Å². The highest BCUT2D eigenvalue weighted by Gasteiger charge is 2.39. The lowest BCUT2D eigenvalue weighted by molar-refractivity contribution is -0.138. The van der Waals surface area contributed by atoms with Crippen LogP contribution in [0.2, 0.25) is 0 Å². The van der Waals surface area contributed by atoms with Gasteiger partial charge in [-0.1, -0.05) is 6.07 Å². The molecule has 2 aromatic heterocycles. The number of aromatic nitrogens is 1. The fourth-order valence-electron chi connectivity index (χ4n) is 2.38. The molecule has 1 unspecified atom stereocenters. The van der Waals surface area contributed by atoms with E-state index in [1.165, 1.54) is 11.3 Å². The number of carboxylic acid groups (broad SMARTS) is 1. The van der Waals surface area contributed by atoms with Crippen LogP contribution in [0.15, 0.2) is 22.9 Å². The van der Waals surface area contributed by atoms with Gasteiger partial charge in [0.15, 0.2) is 0 Å². The summed E-state index contributed by atoms with van der Waals surface area (Å²) in [6, 6.07) is 3.88. The van der Waals surface area contributed by atoms with Gasteiger partial charge >= 0.3 is 5.97 Å². The van der Waals surface area contributed by atoms with Gasteiger partial charge in [-0.05, 0) is 17.9 Å². The molecule has 2 N–H and O–H groups in total. The Kier molecular flexibility index (Phi) is 4.23. The topological polar surface area (TPSA) is 88.5 Å². The van der Waals surface area contributed by atoms with Crippen LogP contribution in [0.1, 0.15) is 23.3 Å². The first-order chi connectivity index (χ1) is 10.6. The van der Waals surface area contributed by atoms with Crippen molar-refractivity contribution in [2.75, 3.05) is 13.2 Å². The van der Waals surface area contributed by atoms with Gasteiger partial charge in [0, 0.05) is 12.0 Å². The maximum Gasteiger partial charge on any atom is 0.305 e. The van der Waals surface area contributed by atoms with Gasteiger partial charge in [-0.2, -0.15) is 0 Å². The molecule has 0 spiro atoms. The fourth-order valence-corrected chi connectivity index (χ4v) is 3.99. The van der Waals surface area contributed by atoms with Crippen molar-refractivity contribution < 1.29 is 19.4 Å². The second kappa shape index (κ2) is 6.15. The van der Waals surface area contributed by atoms with E-state index in [9.17, 15) is 9.59 Å². The second-order valence-corrected chi connectivity index (χ2v) is 6.93. The zero-order chi connectivity index (χ0) is 15.6. The van der Waals surface area contributed by atoms with Crippen LogP contribution in [-0.4, -0.2) is 40.7 Å². The first-order valence-electron chi connectivity index (χ1n) is 6.69. The van der Waals surface area contributed by atoms with Crippen molar-refractivity contribution >= 4 is 34.6 Å². The van der Waals surface area contributed by atoms with Crippen molar-refractivity contribution in [3.63, 3.8) is 0 Å². The lowest BCUT2D eigenvalue weighted by Gasteiger charge is -2.26. The van der Waals surface area contributed by atoms with Gasteiger partial charge in [-0.3, -0.25) is 9.59 Å². The summed E-state index contributed by atoms with van der Waals surface area (Å²) in [7, 11) is 0. The predicted octanol–water partition coefficient (Wildman–Crippen LogP) is 2.24. The van der Waals surface area contributed by atoms with Crippen molar-refractivity contribution in [1.82, 2.24) is 10.3 Å². The zero-order valence-corrected chi connectivity index (χ0v) is 13.2. The number of nitrogens with zero attached hydrogens (tertiary/aromatic N) is 1. The molecule has 8 heteroatoms.